The molecule has 1 saturated carbocycles. The fourth-order valence-electron chi connectivity index (χ4n) is 1.63. The molecule has 2 bridgehead atoms. The van der Waals surface area contributed by atoms with Crippen LogP contribution in [-0.2, 0) is 9.84 Å². The molecule has 2 fully saturated rings. The number of rotatable bonds is 0. The summed E-state index contributed by atoms with van der Waals surface area (Å²) in [7, 11) is 0. The monoisotopic (exact) mass is 113 g/mol. The molecule has 1 aliphatic heterocycles. The van der Waals surface area contributed by atoms with Gasteiger partial charge in [-0.2, -0.15) is 0 Å². The summed E-state index contributed by atoms with van der Waals surface area (Å²) in [6.07, 6.45) is 1.59. The van der Waals surface area contributed by atoms with E-state index in [1.165, 1.54) is 0 Å². The Morgan fingerprint density at radius 3 is 2.50 bits per heavy atom. The van der Waals surface area contributed by atoms with E-state index in [4.69, 9.17) is 4.74 Å². The van der Waals surface area contributed by atoms with E-state index in [0.29, 0.717) is 5.92 Å². The molecule has 0 amide bonds. The van der Waals surface area contributed by atoms with Gasteiger partial charge in [-0.15, -0.1) is 0 Å². The number of ether oxygens (including phenoxy) is 1. The van der Waals surface area contributed by atoms with E-state index < -0.39 is 6.10 Å². The lowest BCUT2D eigenvalue weighted by atomic mass is 10.1. The molecule has 1 radical (unpaired) electrons. The zero-order chi connectivity index (χ0) is 5.56. The fraction of sp³-hybridized carbons (Fsp3) is 1.00. The smallest absolute Gasteiger partial charge is 0.119 e. The summed E-state index contributed by atoms with van der Waals surface area (Å²) in [6.45, 7) is 0.851. The maximum absolute atomic E-state index is 10.8. The number of fused-ring (bicyclic) bond motifs is 2. The average Bonchev–Trinajstić information content (AvgIpc) is 2.23. The number of hydrogen-bond acceptors (Lipinski definition) is 1. The van der Waals surface area contributed by atoms with Crippen molar-refractivity contribution in [2.75, 3.05) is 6.61 Å². The minimum absolute atomic E-state index is 0.0833. The Bertz CT molecular complexity index is 101. The van der Waals surface area contributed by atoms with Gasteiger partial charge in [0.1, 0.15) is 6.10 Å². The molecule has 1 heterocycles. The van der Waals surface area contributed by atoms with Crippen molar-refractivity contribution >= 4 is 0 Å². The third-order valence-electron chi connectivity index (χ3n) is 2.09. The summed E-state index contributed by atoms with van der Waals surface area (Å²) in [5.74, 6) is 0.613. The van der Waals surface area contributed by atoms with Crippen LogP contribution in [0.2, 0.25) is 0 Å². The summed E-state index contributed by atoms with van der Waals surface area (Å²) in [5.41, 5.74) is 0. The van der Waals surface area contributed by atoms with E-state index in [2.05, 4.69) is 0 Å². The van der Waals surface area contributed by atoms with Crippen LogP contribution in [0.5, 0.6) is 0 Å². The van der Waals surface area contributed by atoms with E-state index in [9.17, 15) is 5.11 Å². The molecule has 8 heavy (non-hydrogen) atoms. The van der Waals surface area contributed by atoms with Crippen LogP contribution in [0.25, 0.3) is 0 Å². The van der Waals surface area contributed by atoms with E-state index in [-0.39, 0.29) is 6.10 Å². The summed E-state index contributed by atoms with van der Waals surface area (Å²) in [4.78, 5) is 0. The Hall–Kier alpha value is -0.0800. The molecule has 45 valence electrons. The number of hydrogen-bond donors (Lipinski definition) is 0. The minimum Gasteiger partial charge on any atom is -0.375 e. The van der Waals surface area contributed by atoms with Gasteiger partial charge < -0.3 is 4.74 Å². The maximum atomic E-state index is 10.8. The first kappa shape index (κ1) is 4.77. The molecule has 0 aromatic heterocycles. The van der Waals surface area contributed by atoms with Gasteiger partial charge in [0.25, 0.3) is 0 Å². The molecule has 1 saturated heterocycles. The predicted octanol–water partition coefficient (Wildman–Crippen LogP) is 0.594. The van der Waals surface area contributed by atoms with Crippen LogP contribution < -0.4 is 0 Å². The van der Waals surface area contributed by atoms with Crippen LogP contribution in [0.1, 0.15) is 12.8 Å². The van der Waals surface area contributed by atoms with Crippen molar-refractivity contribution in [3.8, 4) is 0 Å². The lowest BCUT2D eigenvalue weighted by molar-refractivity contribution is -0.0568. The first-order valence-corrected chi connectivity index (χ1v) is 3.13. The second kappa shape index (κ2) is 1.45. The van der Waals surface area contributed by atoms with Crippen molar-refractivity contribution in [3.05, 3.63) is 0 Å². The van der Waals surface area contributed by atoms with Crippen molar-refractivity contribution < 1.29 is 9.84 Å². The molecule has 3 unspecified atom stereocenters. The fourth-order valence-corrected chi connectivity index (χ4v) is 1.63. The van der Waals surface area contributed by atoms with Crippen molar-refractivity contribution in [1.82, 2.24) is 0 Å². The highest BCUT2D eigenvalue weighted by atomic mass is 16.5. The molecule has 2 heteroatoms. The summed E-state index contributed by atoms with van der Waals surface area (Å²) < 4.78 is 5.15. The van der Waals surface area contributed by atoms with Gasteiger partial charge in [-0.05, 0) is 18.8 Å². The summed E-state index contributed by atoms with van der Waals surface area (Å²) in [6, 6.07) is 0. The van der Waals surface area contributed by atoms with Gasteiger partial charge >= 0.3 is 0 Å². The minimum atomic E-state index is -0.395. The Labute approximate surface area is 48.5 Å². The SMILES string of the molecule is [O]C1CC2COC1C2. The second-order valence-corrected chi connectivity index (χ2v) is 2.75. The van der Waals surface area contributed by atoms with Crippen LogP contribution in [0.4, 0.5) is 0 Å². The normalized spacial score (nSPS) is 52.9. The summed E-state index contributed by atoms with van der Waals surface area (Å²) in [5, 5.41) is 10.8. The molecule has 0 aromatic carbocycles. The molecule has 3 atom stereocenters. The van der Waals surface area contributed by atoms with Gasteiger partial charge in [-0.1, -0.05) is 0 Å². The Balaban J connectivity index is 2.11. The van der Waals surface area contributed by atoms with E-state index in [0.717, 1.165) is 19.4 Å². The lowest BCUT2D eigenvalue weighted by Crippen LogP contribution is -2.22. The van der Waals surface area contributed by atoms with Gasteiger partial charge in [-0.3, -0.25) is 0 Å². The van der Waals surface area contributed by atoms with Crippen molar-refractivity contribution in [2.45, 2.75) is 25.0 Å². The lowest BCUT2D eigenvalue weighted by Gasteiger charge is -2.13. The molecule has 2 rings (SSSR count). The predicted molar refractivity (Wildman–Crippen MR) is 26.9 cm³/mol. The highest BCUT2D eigenvalue weighted by Gasteiger charge is 2.40. The maximum Gasteiger partial charge on any atom is 0.119 e. The first-order valence-electron chi connectivity index (χ1n) is 3.13. The molecule has 0 N–H and O–H groups in total. The zero-order valence-corrected chi connectivity index (χ0v) is 4.67. The van der Waals surface area contributed by atoms with Crippen LogP contribution in [0.3, 0.4) is 0 Å². The van der Waals surface area contributed by atoms with Gasteiger partial charge in [0.05, 0.1) is 12.7 Å². The van der Waals surface area contributed by atoms with Crippen LogP contribution in [0.15, 0.2) is 0 Å². The van der Waals surface area contributed by atoms with E-state index in [1.807, 2.05) is 0 Å². The Morgan fingerprint density at radius 1 is 1.38 bits per heavy atom. The highest BCUT2D eigenvalue weighted by Crippen LogP contribution is 2.35. The molecule has 2 nitrogen and oxygen atoms in total. The molecule has 0 spiro atoms. The van der Waals surface area contributed by atoms with Gasteiger partial charge in [-0.25, -0.2) is 5.11 Å². The van der Waals surface area contributed by atoms with Gasteiger partial charge in [0.2, 0.25) is 0 Å². The van der Waals surface area contributed by atoms with Crippen molar-refractivity contribution in [1.29, 1.82) is 0 Å². The third kappa shape index (κ3) is 0.501. The Kier molecular flexibility index (Phi) is 0.866. The second-order valence-electron chi connectivity index (χ2n) is 2.75. The van der Waals surface area contributed by atoms with E-state index >= 15 is 0 Å². The van der Waals surface area contributed by atoms with Crippen LogP contribution in [0, 0.1) is 5.92 Å². The zero-order valence-electron chi connectivity index (χ0n) is 4.67. The molecule has 1 aliphatic carbocycles. The Morgan fingerprint density at radius 2 is 2.25 bits per heavy atom. The van der Waals surface area contributed by atoms with Crippen molar-refractivity contribution in [2.24, 2.45) is 5.92 Å². The molecular formula is C6H9O2. The summed E-state index contributed by atoms with van der Waals surface area (Å²) >= 11 is 0. The highest BCUT2D eigenvalue weighted by molar-refractivity contribution is 4.88. The molecule has 0 aromatic rings. The molecular weight excluding hydrogens is 104 g/mol. The standard InChI is InChI=1S/C6H9O2/c7-5-1-4-2-6(5)8-3-4/h4-6H,1-3H2. The largest absolute Gasteiger partial charge is 0.375 e. The average molecular weight is 113 g/mol. The molecule has 2 aliphatic rings. The van der Waals surface area contributed by atoms with E-state index in [1.54, 1.807) is 0 Å². The van der Waals surface area contributed by atoms with Crippen LogP contribution >= 0.6 is 0 Å². The first-order chi connectivity index (χ1) is 3.86. The van der Waals surface area contributed by atoms with Crippen molar-refractivity contribution in [3.63, 3.8) is 0 Å². The quantitative estimate of drug-likeness (QED) is 0.452. The van der Waals surface area contributed by atoms with Gasteiger partial charge in [0, 0.05) is 0 Å². The van der Waals surface area contributed by atoms with Crippen LogP contribution in [-0.4, -0.2) is 18.8 Å². The third-order valence-corrected chi connectivity index (χ3v) is 2.09. The topological polar surface area (TPSA) is 29.1 Å². The van der Waals surface area contributed by atoms with Gasteiger partial charge in [0.15, 0.2) is 0 Å².